The zero-order chi connectivity index (χ0) is 19.6. The first-order valence-electron chi connectivity index (χ1n) is 10.4. The predicted octanol–water partition coefficient (Wildman–Crippen LogP) is 3.60. The first kappa shape index (κ1) is 21.4. The minimum atomic E-state index is -0.0873. The predicted molar refractivity (Wildman–Crippen MR) is 114 cm³/mol. The van der Waals surface area contributed by atoms with Gasteiger partial charge in [0, 0.05) is 18.7 Å². The van der Waals surface area contributed by atoms with Crippen LogP contribution in [0.3, 0.4) is 0 Å². The molecule has 3 heteroatoms. The van der Waals surface area contributed by atoms with Crippen LogP contribution in [0.4, 0.5) is 0 Å². The Balaban J connectivity index is 2.17. The lowest BCUT2D eigenvalue weighted by Crippen LogP contribution is -2.32. The van der Waals surface area contributed by atoms with E-state index in [9.17, 15) is 4.79 Å². The van der Waals surface area contributed by atoms with Gasteiger partial charge in [0.1, 0.15) is 0 Å². The van der Waals surface area contributed by atoms with E-state index in [1.165, 1.54) is 44.1 Å². The lowest BCUT2D eigenvalue weighted by molar-refractivity contribution is 0.0950. The van der Waals surface area contributed by atoms with Crippen LogP contribution in [0.15, 0.2) is 23.8 Å². The lowest BCUT2D eigenvalue weighted by Gasteiger charge is -2.11. The van der Waals surface area contributed by atoms with E-state index in [-0.39, 0.29) is 12.5 Å². The molecule has 3 nitrogen and oxygen atoms in total. The third-order valence-electron chi connectivity index (χ3n) is 5.59. The molecule has 2 rings (SSSR count). The summed E-state index contributed by atoms with van der Waals surface area (Å²) in [6.07, 6.45) is 14.5. The molecule has 1 aliphatic rings. The third kappa shape index (κ3) is 6.66. The maximum absolute atomic E-state index is 12.4. The fourth-order valence-electron chi connectivity index (χ4n) is 3.85. The number of allylic oxidation sites excluding steroid dienone is 2. The zero-order valence-electron chi connectivity index (χ0n) is 17.0. The van der Waals surface area contributed by atoms with Gasteiger partial charge in [-0.15, -0.1) is 0 Å². The molecule has 1 aromatic carbocycles. The molecule has 2 N–H and O–H groups in total. The van der Waals surface area contributed by atoms with Crippen LogP contribution in [0.5, 0.6) is 0 Å². The van der Waals surface area contributed by atoms with Crippen LogP contribution in [0, 0.1) is 12.8 Å². The average molecular weight is 370 g/mol. The van der Waals surface area contributed by atoms with Crippen molar-refractivity contribution in [2.24, 2.45) is 5.92 Å². The second-order valence-electron chi connectivity index (χ2n) is 7.83. The van der Waals surface area contributed by atoms with Crippen molar-refractivity contribution in [3.8, 4) is 0 Å². The minimum absolute atomic E-state index is 0.0844. The Morgan fingerprint density at radius 2 is 1.96 bits per heavy atom. The number of benzene rings is 1. The normalized spacial score (nSPS) is 17.0. The quantitative estimate of drug-likeness (QED) is 0.570. The van der Waals surface area contributed by atoms with Crippen molar-refractivity contribution in [3.05, 3.63) is 45.3 Å². The van der Waals surface area contributed by atoms with Crippen molar-refractivity contribution in [1.29, 1.82) is 0 Å². The summed E-state index contributed by atoms with van der Waals surface area (Å²) < 4.78 is 0. The minimum Gasteiger partial charge on any atom is -0.396 e. The fourth-order valence-corrected chi connectivity index (χ4v) is 3.85. The summed E-state index contributed by atoms with van der Waals surface area (Å²) in [6.45, 7) is 8.85. The Morgan fingerprint density at radius 3 is 2.63 bits per heavy atom. The number of carbonyl (C=O) groups is 1. The molecule has 0 heterocycles. The van der Waals surface area contributed by atoms with E-state index in [1.807, 2.05) is 19.1 Å². The van der Waals surface area contributed by atoms with E-state index < -0.39 is 0 Å². The Morgan fingerprint density at radius 1 is 1.26 bits per heavy atom. The second kappa shape index (κ2) is 11.1. The summed E-state index contributed by atoms with van der Waals surface area (Å²) in [7, 11) is 0. The summed E-state index contributed by atoms with van der Waals surface area (Å²) >= 11 is 0. The van der Waals surface area contributed by atoms with E-state index in [4.69, 9.17) is 5.11 Å². The maximum Gasteiger partial charge on any atom is 0.251 e. The summed E-state index contributed by atoms with van der Waals surface area (Å²) in [5.41, 5.74) is 2.89. The van der Waals surface area contributed by atoms with Crippen molar-refractivity contribution in [1.82, 2.24) is 5.32 Å². The SMILES string of the molecule is C=c1ccc(C(=O)NCCCO)c(C)c1=CC(C)=CCC1CCCCCC1. The number of amides is 1. The van der Waals surface area contributed by atoms with Gasteiger partial charge >= 0.3 is 0 Å². The van der Waals surface area contributed by atoms with Gasteiger partial charge in [-0.05, 0) is 54.7 Å². The van der Waals surface area contributed by atoms with Crippen LogP contribution in [-0.2, 0) is 0 Å². The molecular formula is C24H35NO2. The monoisotopic (exact) mass is 369 g/mol. The van der Waals surface area contributed by atoms with Gasteiger partial charge in [-0.25, -0.2) is 0 Å². The molecule has 0 aliphatic heterocycles. The highest BCUT2D eigenvalue weighted by atomic mass is 16.3. The Bertz CT molecular complexity index is 755. The van der Waals surface area contributed by atoms with Crippen molar-refractivity contribution in [3.63, 3.8) is 0 Å². The van der Waals surface area contributed by atoms with Gasteiger partial charge in [-0.1, -0.05) is 68.9 Å². The van der Waals surface area contributed by atoms with Gasteiger partial charge < -0.3 is 10.4 Å². The van der Waals surface area contributed by atoms with E-state index in [1.54, 1.807) is 0 Å². The van der Waals surface area contributed by atoms with Crippen molar-refractivity contribution >= 4 is 18.6 Å². The summed E-state index contributed by atoms with van der Waals surface area (Å²) in [5.74, 6) is 0.732. The van der Waals surface area contributed by atoms with Crippen LogP contribution < -0.4 is 15.8 Å². The molecule has 1 fully saturated rings. The molecular weight excluding hydrogens is 334 g/mol. The molecule has 1 amide bonds. The van der Waals surface area contributed by atoms with Crippen molar-refractivity contribution in [2.45, 2.75) is 65.2 Å². The third-order valence-corrected chi connectivity index (χ3v) is 5.59. The molecule has 1 saturated carbocycles. The average Bonchev–Trinajstić information content (AvgIpc) is 2.92. The van der Waals surface area contributed by atoms with Crippen LogP contribution in [0.2, 0.25) is 0 Å². The number of hydrogen-bond donors (Lipinski definition) is 2. The fraction of sp³-hybridized carbons (Fsp3) is 0.542. The Hall–Kier alpha value is -1.87. The number of carbonyl (C=O) groups excluding carboxylic acids is 1. The van der Waals surface area contributed by atoms with Gasteiger partial charge in [-0.2, -0.15) is 0 Å². The van der Waals surface area contributed by atoms with Crippen LogP contribution in [0.1, 0.15) is 74.2 Å². The number of hydrogen-bond acceptors (Lipinski definition) is 2. The largest absolute Gasteiger partial charge is 0.396 e. The molecule has 0 spiro atoms. The molecule has 0 saturated heterocycles. The summed E-state index contributed by atoms with van der Waals surface area (Å²) in [5, 5.41) is 13.7. The topological polar surface area (TPSA) is 49.3 Å². The van der Waals surface area contributed by atoms with Gasteiger partial charge in [0.25, 0.3) is 5.91 Å². The summed E-state index contributed by atoms with van der Waals surface area (Å²) in [4.78, 5) is 12.4. The standard InChI is InChI=1S/C24H35NO2/c1-18(11-13-21-9-6-4-5-7-10-21)17-23-19(2)12-14-22(20(23)3)24(27)25-15-8-16-26/h11-12,14,17,21,26H,2,4-10,13,15-16H2,1,3H3,(H,25,27). The van der Waals surface area contributed by atoms with Crippen LogP contribution in [-0.4, -0.2) is 24.2 Å². The molecule has 0 radical (unpaired) electrons. The molecule has 1 aromatic rings. The lowest BCUT2D eigenvalue weighted by atomic mass is 9.95. The van der Waals surface area contributed by atoms with Crippen molar-refractivity contribution in [2.75, 3.05) is 13.2 Å². The second-order valence-corrected chi connectivity index (χ2v) is 7.83. The Kier molecular flexibility index (Phi) is 8.80. The molecule has 148 valence electrons. The van der Waals surface area contributed by atoms with Gasteiger partial charge in [0.05, 0.1) is 0 Å². The zero-order valence-corrected chi connectivity index (χ0v) is 17.0. The number of nitrogens with one attached hydrogen (secondary N) is 1. The molecule has 0 unspecified atom stereocenters. The number of aliphatic hydroxyl groups excluding tert-OH is 1. The highest BCUT2D eigenvalue weighted by Gasteiger charge is 2.11. The molecule has 27 heavy (non-hydrogen) atoms. The smallest absolute Gasteiger partial charge is 0.251 e. The van der Waals surface area contributed by atoms with Crippen LogP contribution in [0.25, 0.3) is 12.7 Å². The molecule has 0 atom stereocenters. The first-order chi connectivity index (χ1) is 13.0. The van der Waals surface area contributed by atoms with Crippen LogP contribution >= 0.6 is 0 Å². The maximum atomic E-state index is 12.4. The molecule has 0 aromatic heterocycles. The van der Waals surface area contributed by atoms with Gasteiger partial charge in [0.2, 0.25) is 0 Å². The number of aliphatic hydroxyl groups is 1. The van der Waals surface area contributed by atoms with E-state index in [0.29, 0.717) is 18.5 Å². The van der Waals surface area contributed by atoms with Gasteiger partial charge in [0.15, 0.2) is 0 Å². The van der Waals surface area contributed by atoms with E-state index >= 15 is 0 Å². The van der Waals surface area contributed by atoms with E-state index in [2.05, 4.69) is 31.0 Å². The number of rotatable bonds is 7. The highest BCUT2D eigenvalue weighted by molar-refractivity contribution is 5.95. The highest BCUT2D eigenvalue weighted by Crippen LogP contribution is 2.26. The Labute approximate surface area is 163 Å². The van der Waals surface area contributed by atoms with Crippen molar-refractivity contribution < 1.29 is 9.90 Å². The van der Waals surface area contributed by atoms with Gasteiger partial charge in [-0.3, -0.25) is 4.79 Å². The molecule has 0 bridgehead atoms. The first-order valence-corrected chi connectivity index (χ1v) is 10.4. The summed E-state index contributed by atoms with van der Waals surface area (Å²) in [6, 6.07) is 3.76. The van der Waals surface area contributed by atoms with E-state index in [0.717, 1.165) is 28.3 Å². The molecule has 1 aliphatic carbocycles.